The van der Waals surface area contributed by atoms with Crippen molar-refractivity contribution in [3.63, 3.8) is 0 Å². The number of H-pyrrole nitrogens is 1. The first-order valence-corrected chi connectivity index (χ1v) is 12.1. The Labute approximate surface area is 213 Å². The molecule has 37 heavy (non-hydrogen) atoms. The Balaban J connectivity index is 1.44. The summed E-state index contributed by atoms with van der Waals surface area (Å²) in [6.45, 7) is 0. The summed E-state index contributed by atoms with van der Waals surface area (Å²) in [6.07, 6.45) is 10.1. The molecule has 2 fully saturated rings. The molecule has 0 radical (unpaired) electrons. The van der Waals surface area contributed by atoms with E-state index in [1.165, 1.54) is 6.20 Å². The lowest BCUT2D eigenvalue weighted by Gasteiger charge is -2.44. The van der Waals surface area contributed by atoms with Gasteiger partial charge in [-0.15, -0.1) is 0 Å². The Morgan fingerprint density at radius 1 is 0.973 bits per heavy atom. The maximum Gasteiger partial charge on any atom is 0.252 e. The van der Waals surface area contributed by atoms with Crippen LogP contribution in [0.25, 0.3) is 11.0 Å². The summed E-state index contributed by atoms with van der Waals surface area (Å²) in [5.41, 5.74) is 8.48. The molecule has 4 aromatic heterocycles. The van der Waals surface area contributed by atoms with Crippen LogP contribution in [0.15, 0.2) is 55.1 Å². The molecule has 3 atom stereocenters. The minimum atomic E-state index is -0.563. The maximum atomic E-state index is 12.6. The monoisotopic (exact) mass is 489 g/mol. The molecule has 182 valence electrons. The number of piperidine rings is 1. The van der Waals surface area contributed by atoms with Gasteiger partial charge in [0.05, 0.1) is 22.4 Å². The molecule has 1 unspecified atom stereocenters. The van der Waals surface area contributed by atoms with Gasteiger partial charge in [0.2, 0.25) is 0 Å². The van der Waals surface area contributed by atoms with Crippen molar-refractivity contribution in [2.24, 2.45) is 5.73 Å². The highest BCUT2D eigenvalue weighted by Gasteiger charge is 2.44. The summed E-state index contributed by atoms with van der Waals surface area (Å²) < 4.78 is 0. The second-order valence-electron chi connectivity index (χ2n) is 9.45. The van der Waals surface area contributed by atoms with Gasteiger partial charge in [-0.3, -0.25) is 4.79 Å². The minimum absolute atomic E-state index is 0.0196. The predicted molar refractivity (Wildman–Crippen MR) is 137 cm³/mol. The van der Waals surface area contributed by atoms with Gasteiger partial charge in [-0.25, -0.2) is 15.0 Å². The molecule has 0 aromatic carbocycles. The van der Waals surface area contributed by atoms with Gasteiger partial charge in [0.1, 0.15) is 29.4 Å². The van der Waals surface area contributed by atoms with E-state index < -0.39 is 5.91 Å². The first kappa shape index (κ1) is 22.5. The molecule has 2 saturated heterocycles. The van der Waals surface area contributed by atoms with Gasteiger partial charge in [0.25, 0.3) is 5.91 Å². The zero-order chi connectivity index (χ0) is 25.5. The molecule has 2 aliphatic rings. The molecular weight excluding hydrogens is 466 g/mol. The number of aromatic nitrogens is 4. The molecule has 0 saturated carbocycles. The van der Waals surface area contributed by atoms with Gasteiger partial charge in [-0.2, -0.15) is 10.5 Å². The quantitative estimate of drug-likeness (QED) is 0.432. The van der Waals surface area contributed by atoms with Crippen molar-refractivity contribution in [1.29, 1.82) is 10.5 Å². The van der Waals surface area contributed by atoms with Crippen LogP contribution < -0.4 is 15.5 Å². The largest absolute Gasteiger partial charge is 0.365 e. The van der Waals surface area contributed by atoms with Crippen LogP contribution in [0.5, 0.6) is 0 Å². The number of aromatic amines is 1. The first-order chi connectivity index (χ1) is 18.1. The molecule has 2 aliphatic heterocycles. The van der Waals surface area contributed by atoms with E-state index in [0.29, 0.717) is 33.8 Å². The normalized spacial score (nSPS) is 20.4. The van der Waals surface area contributed by atoms with Crippen LogP contribution in [0.2, 0.25) is 0 Å². The number of nitriles is 2. The van der Waals surface area contributed by atoms with Crippen LogP contribution >= 0.6 is 0 Å². The zero-order valence-corrected chi connectivity index (χ0v) is 19.9. The number of nitrogens with zero attached hydrogens (tertiary/aromatic N) is 7. The van der Waals surface area contributed by atoms with Crippen molar-refractivity contribution in [2.45, 2.75) is 43.8 Å². The summed E-state index contributed by atoms with van der Waals surface area (Å²) in [7, 11) is 0. The third-order valence-electron chi connectivity index (χ3n) is 7.40. The fourth-order valence-electron chi connectivity index (χ4n) is 5.85. The Bertz CT molecular complexity index is 1550. The number of hydrogen-bond donors (Lipinski definition) is 2. The van der Waals surface area contributed by atoms with Gasteiger partial charge in [-0.1, -0.05) is 0 Å². The average Bonchev–Trinajstić information content (AvgIpc) is 3.51. The number of carbonyl (C=O) groups is 1. The fraction of sp³-hybridized carbons (Fsp3) is 0.259. The molecule has 3 N–H and O–H groups in total. The molecule has 10 nitrogen and oxygen atoms in total. The van der Waals surface area contributed by atoms with E-state index in [1.54, 1.807) is 30.7 Å². The maximum absolute atomic E-state index is 12.6. The van der Waals surface area contributed by atoms with Crippen LogP contribution in [0, 0.1) is 22.7 Å². The summed E-state index contributed by atoms with van der Waals surface area (Å²) >= 11 is 0. The molecule has 6 heterocycles. The number of nitrogens with two attached hydrogens (primary N) is 1. The van der Waals surface area contributed by atoms with E-state index in [0.717, 1.165) is 36.9 Å². The molecule has 10 heteroatoms. The van der Waals surface area contributed by atoms with Crippen molar-refractivity contribution in [3.8, 4) is 12.1 Å². The van der Waals surface area contributed by atoms with Crippen molar-refractivity contribution in [1.82, 2.24) is 19.9 Å². The van der Waals surface area contributed by atoms with Crippen LogP contribution in [0.1, 0.15) is 47.2 Å². The van der Waals surface area contributed by atoms with E-state index in [-0.39, 0.29) is 18.1 Å². The zero-order valence-electron chi connectivity index (χ0n) is 19.9. The van der Waals surface area contributed by atoms with Gasteiger partial charge in [0.15, 0.2) is 0 Å². The molecule has 0 spiro atoms. The number of primary amides is 1. The van der Waals surface area contributed by atoms with Crippen LogP contribution in [0.4, 0.5) is 17.3 Å². The highest BCUT2D eigenvalue weighted by molar-refractivity contribution is 6.07. The molecule has 4 aromatic rings. The number of hydrogen-bond acceptors (Lipinski definition) is 8. The number of rotatable bonds is 5. The van der Waals surface area contributed by atoms with Crippen LogP contribution in [-0.4, -0.2) is 44.0 Å². The Kier molecular flexibility index (Phi) is 5.42. The standard InChI is InChI=1S/C27H23N9O/c28-11-16-1-5-23(32-13-16)35-18-3-4-19(35)10-20(9-18)36(24-6-2-17(12-29)14-33-24)25-21-7-8-31-27(21)34-15-22(25)26(30)37/h1-2,5-8,13-15,18-20H,3-4,9-10H2,(H2,30,37)(H,31,34)/t18-,19+,20?. The molecule has 2 bridgehead atoms. The van der Waals surface area contributed by atoms with Gasteiger partial charge >= 0.3 is 0 Å². The Morgan fingerprint density at radius 3 is 2.27 bits per heavy atom. The Hall–Kier alpha value is -4.96. The molecular formula is C27H23N9O. The predicted octanol–water partition coefficient (Wildman–Crippen LogP) is 3.53. The lowest BCUT2D eigenvalue weighted by atomic mass is 9.94. The minimum Gasteiger partial charge on any atom is -0.365 e. The van der Waals surface area contributed by atoms with Gasteiger partial charge in [0, 0.05) is 48.3 Å². The van der Waals surface area contributed by atoms with Gasteiger partial charge in [-0.05, 0) is 56.0 Å². The number of carbonyl (C=O) groups excluding carboxylic acids is 1. The van der Waals surface area contributed by atoms with E-state index in [9.17, 15) is 10.1 Å². The molecule has 1 amide bonds. The lowest BCUT2D eigenvalue weighted by molar-refractivity contribution is 0.100. The summed E-state index contributed by atoms with van der Waals surface area (Å²) in [5.74, 6) is 0.957. The van der Waals surface area contributed by atoms with Crippen molar-refractivity contribution in [2.75, 3.05) is 9.80 Å². The SMILES string of the molecule is N#Cc1ccc(N(c2c(C(N)=O)cnc3[nH]ccc23)C2C[C@H]3CC[C@@H](C2)N3c2ccc(C#N)cn2)nc1. The highest BCUT2D eigenvalue weighted by atomic mass is 16.1. The van der Waals surface area contributed by atoms with E-state index >= 15 is 0 Å². The number of anilines is 3. The molecule has 6 rings (SSSR count). The second kappa shape index (κ2) is 8.92. The van der Waals surface area contributed by atoms with E-state index in [1.807, 2.05) is 18.2 Å². The Morgan fingerprint density at radius 2 is 1.68 bits per heavy atom. The average molecular weight is 490 g/mol. The third kappa shape index (κ3) is 3.80. The number of nitrogens with one attached hydrogen (secondary N) is 1. The number of amides is 1. The van der Waals surface area contributed by atoms with E-state index in [2.05, 4.69) is 41.9 Å². The topological polar surface area (TPSA) is 152 Å². The smallest absolute Gasteiger partial charge is 0.252 e. The summed E-state index contributed by atoms with van der Waals surface area (Å²) in [5, 5.41) is 19.2. The van der Waals surface area contributed by atoms with Crippen LogP contribution in [-0.2, 0) is 0 Å². The van der Waals surface area contributed by atoms with Gasteiger partial charge < -0.3 is 20.5 Å². The first-order valence-electron chi connectivity index (χ1n) is 12.1. The third-order valence-corrected chi connectivity index (χ3v) is 7.40. The van der Waals surface area contributed by atoms with Crippen molar-refractivity contribution in [3.05, 3.63) is 71.8 Å². The van der Waals surface area contributed by atoms with E-state index in [4.69, 9.17) is 11.0 Å². The summed E-state index contributed by atoms with van der Waals surface area (Å²) in [4.78, 5) is 33.8. The number of fused-ring (bicyclic) bond motifs is 3. The molecule has 0 aliphatic carbocycles. The second-order valence-corrected chi connectivity index (χ2v) is 9.45. The lowest BCUT2D eigenvalue weighted by Crippen LogP contribution is -2.50. The van der Waals surface area contributed by atoms with Crippen molar-refractivity contribution < 1.29 is 4.79 Å². The van der Waals surface area contributed by atoms with Crippen molar-refractivity contribution >= 4 is 34.3 Å². The fourth-order valence-corrected chi connectivity index (χ4v) is 5.85. The summed E-state index contributed by atoms with van der Waals surface area (Å²) in [6, 6.07) is 13.9. The number of pyridine rings is 3. The van der Waals surface area contributed by atoms with Crippen LogP contribution in [0.3, 0.4) is 0 Å². The highest BCUT2D eigenvalue weighted by Crippen LogP contribution is 2.44.